The number of rotatable bonds is 2. The van der Waals surface area contributed by atoms with Gasteiger partial charge in [-0.2, -0.15) is 0 Å². The van der Waals surface area contributed by atoms with Gasteiger partial charge in [-0.1, -0.05) is 6.92 Å². The Hall–Kier alpha value is -0.530. The fourth-order valence-electron chi connectivity index (χ4n) is 0.214. The van der Waals surface area contributed by atoms with Crippen molar-refractivity contribution in [2.75, 3.05) is 0 Å². The van der Waals surface area contributed by atoms with E-state index in [4.69, 9.17) is 5.11 Å². The Kier molecular flexibility index (Phi) is 2.46. The van der Waals surface area contributed by atoms with Crippen LogP contribution in [0.15, 0.2) is 0 Å². The summed E-state index contributed by atoms with van der Waals surface area (Å²) in [4.78, 5) is 9.60. The highest BCUT2D eigenvalue weighted by Crippen LogP contribution is 1.82. The smallest absolute Gasteiger partial charge is 0.303 e. The Labute approximate surface area is 38.3 Å². The molecule has 0 bridgehead atoms. The van der Waals surface area contributed by atoms with Crippen molar-refractivity contribution < 1.29 is 11.3 Å². The van der Waals surface area contributed by atoms with Gasteiger partial charge in [0, 0.05) is 7.85 Å². The largest absolute Gasteiger partial charge is 0.481 e. The molecule has 0 aliphatic heterocycles. The molecule has 0 fully saturated rings. The van der Waals surface area contributed by atoms with E-state index in [2.05, 4.69) is 0 Å². The van der Waals surface area contributed by atoms with Crippen LogP contribution in [-0.4, -0.2) is 11.1 Å². The van der Waals surface area contributed by atoms with Gasteiger partial charge in [-0.25, -0.2) is 0 Å². The van der Waals surface area contributed by atoms with Gasteiger partial charge in [0.05, 0.1) is 0 Å². The second kappa shape index (κ2) is 2.69. The summed E-state index contributed by atoms with van der Waals surface area (Å²) in [6, 6.07) is 0. The van der Waals surface area contributed by atoms with Gasteiger partial charge in [0.1, 0.15) is 0 Å². The fourth-order valence-corrected chi connectivity index (χ4v) is 0.214. The number of aliphatic carboxylic acids is 1. The number of carboxylic acid groups (broad SMARTS) is 1. The Morgan fingerprint density at radius 2 is 2.50 bits per heavy atom. The molecule has 1 N–H and O–H groups in total. The first kappa shape index (κ1) is 5.47. The van der Waals surface area contributed by atoms with Crippen LogP contribution >= 0.6 is 0 Å². The second-order valence-electron chi connectivity index (χ2n) is 1.14. The van der Waals surface area contributed by atoms with E-state index in [1.807, 2.05) is 6.92 Å². The lowest BCUT2D eigenvalue weighted by molar-refractivity contribution is -0.137. The molecule has 6 heavy (non-hydrogen) atoms. The van der Waals surface area contributed by atoms with E-state index in [1.54, 1.807) is 0 Å². The van der Waals surface area contributed by atoms with Crippen molar-refractivity contribution in [3.63, 3.8) is 0 Å². The van der Waals surface area contributed by atoms with Gasteiger partial charge in [0.25, 0.3) is 0 Å². The van der Waals surface area contributed by atoms with Crippen LogP contribution in [-0.2, 0) is 4.79 Å². The maximum absolute atomic E-state index is 9.60. The third-order valence-electron chi connectivity index (χ3n) is 0.464. The number of carboxylic acids is 1. The Morgan fingerprint density at radius 3 is 2.50 bits per heavy atom. The molecule has 2 heteroatoms. The molecule has 0 aliphatic rings. The summed E-state index contributed by atoms with van der Waals surface area (Å²) in [5, 5.41) is 7.91. The molecule has 0 unspecified atom stereocenters. The maximum atomic E-state index is 9.60. The molecule has 0 aliphatic carbocycles. The highest BCUT2D eigenvalue weighted by Gasteiger charge is 1.87. The van der Waals surface area contributed by atoms with Crippen molar-refractivity contribution in [2.24, 2.45) is 0 Å². The number of hydrogen-bond donors (Lipinski definition) is 1. The zero-order valence-corrected chi connectivity index (χ0v) is 3.77. The molecular weight excluding hydrogens is 80.0 g/mol. The lowest BCUT2D eigenvalue weighted by Crippen LogP contribution is -1.90. The Balaban J connectivity index is 0. The first-order valence-electron chi connectivity index (χ1n) is 1.99. The minimum absolute atomic E-state index is 0. The van der Waals surface area contributed by atoms with E-state index in [-0.39, 0.29) is 1.43 Å². The maximum Gasteiger partial charge on any atom is 0.303 e. The van der Waals surface area contributed by atoms with Gasteiger partial charge in [-0.05, 0) is 6.42 Å². The highest BCUT2D eigenvalue weighted by molar-refractivity contribution is 5.66. The van der Waals surface area contributed by atoms with E-state index in [0.717, 1.165) is 6.42 Å². The molecule has 0 rings (SSSR count). The average molecular weight is 90.1 g/mol. The molecule has 38 valence electrons. The molecule has 0 radical (unpaired) electrons. The predicted octanol–water partition coefficient (Wildman–Crippen LogP) is 1.12. The fraction of sp³-hybridized carbons (Fsp3) is 0.750. The van der Waals surface area contributed by atoms with Crippen LogP contribution in [0, 0.1) is 0 Å². The van der Waals surface area contributed by atoms with Crippen molar-refractivity contribution >= 4 is 5.97 Å². The zero-order valence-electron chi connectivity index (χ0n) is 3.77. The summed E-state index contributed by atoms with van der Waals surface area (Å²) in [7, 11) is 0. The van der Waals surface area contributed by atoms with Crippen LogP contribution in [0.2, 0.25) is 0 Å². The minimum Gasteiger partial charge on any atom is -0.481 e. The van der Waals surface area contributed by atoms with Crippen molar-refractivity contribution in [2.45, 2.75) is 19.8 Å². The predicted molar refractivity (Wildman–Crippen MR) is 24.7 cm³/mol. The molecule has 0 aromatic rings. The molecule has 0 saturated carbocycles. The molecule has 0 spiro atoms. The van der Waals surface area contributed by atoms with Crippen LogP contribution in [0.5, 0.6) is 0 Å². The SMILES string of the molecule is CCCC(=O)O.[HH]. The normalized spacial score (nSPS) is 8.17. The summed E-state index contributed by atoms with van der Waals surface area (Å²) in [6.45, 7) is 1.84. The van der Waals surface area contributed by atoms with Gasteiger partial charge < -0.3 is 5.11 Å². The summed E-state index contributed by atoms with van der Waals surface area (Å²) < 4.78 is 0. The zero-order chi connectivity index (χ0) is 4.99. The summed E-state index contributed by atoms with van der Waals surface area (Å²) in [5.74, 6) is -0.711. The van der Waals surface area contributed by atoms with Gasteiger partial charge >= 0.3 is 5.97 Å². The molecule has 0 aromatic heterocycles. The van der Waals surface area contributed by atoms with E-state index >= 15 is 0 Å². The van der Waals surface area contributed by atoms with Gasteiger partial charge in [0.15, 0.2) is 0 Å². The third-order valence-corrected chi connectivity index (χ3v) is 0.464. The van der Waals surface area contributed by atoms with Gasteiger partial charge in [-0.15, -0.1) is 0 Å². The summed E-state index contributed by atoms with van der Waals surface area (Å²) in [5.41, 5.74) is 0. The quantitative estimate of drug-likeness (QED) is 0.551. The monoisotopic (exact) mass is 90.1 g/mol. The first-order chi connectivity index (χ1) is 2.77. The molecule has 0 heterocycles. The molecule has 2 nitrogen and oxygen atoms in total. The molecule has 0 saturated heterocycles. The minimum atomic E-state index is -0.711. The topological polar surface area (TPSA) is 37.3 Å². The average Bonchev–Trinajstić information content (AvgIpc) is 1.35. The molecule has 0 aromatic carbocycles. The lowest BCUT2D eigenvalue weighted by Gasteiger charge is -1.79. The third kappa shape index (κ3) is 3.47. The van der Waals surface area contributed by atoms with Crippen molar-refractivity contribution in [3.05, 3.63) is 0 Å². The van der Waals surface area contributed by atoms with Crippen LogP contribution in [0.4, 0.5) is 0 Å². The summed E-state index contributed by atoms with van der Waals surface area (Å²) >= 11 is 0. The Bertz CT molecular complexity index is 53.7. The van der Waals surface area contributed by atoms with E-state index in [9.17, 15) is 4.79 Å². The number of hydrogen-bond acceptors (Lipinski definition) is 1. The van der Waals surface area contributed by atoms with Crippen LogP contribution in [0.1, 0.15) is 21.2 Å². The van der Waals surface area contributed by atoms with Crippen molar-refractivity contribution in [1.29, 1.82) is 0 Å². The van der Waals surface area contributed by atoms with E-state index in [0.29, 0.717) is 6.42 Å². The summed E-state index contributed by atoms with van der Waals surface area (Å²) in [6.07, 6.45) is 1.02. The van der Waals surface area contributed by atoms with Gasteiger partial charge in [0.2, 0.25) is 0 Å². The van der Waals surface area contributed by atoms with Crippen molar-refractivity contribution in [3.8, 4) is 0 Å². The molecule has 0 amide bonds. The first-order valence-corrected chi connectivity index (χ1v) is 1.99. The van der Waals surface area contributed by atoms with Crippen molar-refractivity contribution in [1.82, 2.24) is 0 Å². The highest BCUT2D eigenvalue weighted by atomic mass is 16.4. The second-order valence-corrected chi connectivity index (χ2v) is 1.14. The Morgan fingerprint density at radius 1 is 2.00 bits per heavy atom. The standard InChI is InChI=1S/C4H8O2.H2/c1-2-3-4(5)6;/h2-3H2,1H3,(H,5,6);1H. The van der Waals surface area contributed by atoms with Crippen LogP contribution < -0.4 is 0 Å². The number of carbonyl (C=O) groups is 1. The van der Waals surface area contributed by atoms with E-state index < -0.39 is 5.97 Å². The van der Waals surface area contributed by atoms with Crippen LogP contribution in [0.3, 0.4) is 0 Å². The molecule has 0 atom stereocenters. The van der Waals surface area contributed by atoms with Crippen LogP contribution in [0.25, 0.3) is 0 Å². The lowest BCUT2D eigenvalue weighted by atomic mass is 10.4. The van der Waals surface area contributed by atoms with E-state index in [1.165, 1.54) is 0 Å². The molecular formula is C4H10O2. The van der Waals surface area contributed by atoms with Gasteiger partial charge in [-0.3, -0.25) is 4.79 Å².